The highest BCUT2D eigenvalue weighted by atomic mass is 35.5. The Hall–Kier alpha value is -2.17. The predicted octanol–water partition coefficient (Wildman–Crippen LogP) is 2.36. The van der Waals surface area contributed by atoms with Gasteiger partial charge in [-0.3, -0.25) is 9.69 Å². The van der Waals surface area contributed by atoms with Crippen LogP contribution in [-0.4, -0.2) is 83.2 Å². The average Bonchev–Trinajstić information content (AvgIpc) is 3.02. The summed E-state index contributed by atoms with van der Waals surface area (Å²) in [6.45, 7) is 3.27. The van der Waals surface area contributed by atoms with Gasteiger partial charge in [0, 0.05) is 30.1 Å². The van der Waals surface area contributed by atoms with Gasteiger partial charge in [0.05, 0.1) is 25.2 Å². The Morgan fingerprint density at radius 2 is 1.78 bits per heavy atom. The fourth-order valence-corrected chi connectivity index (χ4v) is 6.93. The maximum Gasteiger partial charge on any atom is 0.237 e. The molecule has 0 radical (unpaired) electrons. The standard InChI is InChI=1S/C26H31ClN2O6S/c1-36(32,33)26(17-34-18-26)19-2-5-21(6-3-19)35-15-13-28-10-8-25(9-11-28)22-16-20(27)4-7-23(22)29(12-14-30)24(25)31/h2-7,16,30H,8-15,17-18H2,1H3. The lowest BCUT2D eigenvalue weighted by Crippen LogP contribution is -2.52. The Morgan fingerprint density at radius 3 is 2.36 bits per heavy atom. The number of halogens is 1. The van der Waals surface area contributed by atoms with Crippen LogP contribution in [0.4, 0.5) is 5.69 Å². The third kappa shape index (κ3) is 4.20. The molecule has 2 aromatic rings. The molecular weight excluding hydrogens is 504 g/mol. The summed E-state index contributed by atoms with van der Waals surface area (Å²) in [6, 6.07) is 12.8. The van der Waals surface area contributed by atoms with Crippen LogP contribution in [-0.2, 0) is 29.5 Å². The maximum atomic E-state index is 13.4. The van der Waals surface area contributed by atoms with Gasteiger partial charge in [-0.25, -0.2) is 8.42 Å². The van der Waals surface area contributed by atoms with Crippen molar-refractivity contribution in [2.75, 3.05) is 63.8 Å². The van der Waals surface area contributed by atoms with E-state index in [1.165, 1.54) is 6.26 Å². The van der Waals surface area contributed by atoms with Crippen molar-refractivity contribution in [3.63, 3.8) is 0 Å². The van der Waals surface area contributed by atoms with Crippen molar-refractivity contribution >= 4 is 33.0 Å². The molecule has 3 aliphatic rings. The van der Waals surface area contributed by atoms with Gasteiger partial charge in [0.2, 0.25) is 5.91 Å². The number of hydrogen-bond acceptors (Lipinski definition) is 7. The zero-order valence-electron chi connectivity index (χ0n) is 20.3. The van der Waals surface area contributed by atoms with E-state index in [4.69, 9.17) is 21.1 Å². The molecule has 3 heterocycles. The molecule has 8 nitrogen and oxygen atoms in total. The largest absolute Gasteiger partial charge is 0.492 e. The van der Waals surface area contributed by atoms with Crippen molar-refractivity contribution in [3.05, 3.63) is 58.6 Å². The van der Waals surface area contributed by atoms with Gasteiger partial charge in [-0.05, 0) is 67.4 Å². The number of fused-ring (bicyclic) bond motifs is 2. The number of aliphatic hydroxyl groups excluding tert-OH is 1. The summed E-state index contributed by atoms with van der Waals surface area (Å²) in [6.07, 6.45) is 2.62. The van der Waals surface area contributed by atoms with E-state index in [0.717, 1.165) is 36.4 Å². The molecule has 1 amide bonds. The van der Waals surface area contributed by atoms with Crippen molar-refractivity contribution in [1.82, 2.24) is 4.90 Å². The molecule has 1 N–H and O–H groups in total. The molecule has 5 rings (SSSR count). The second-order valence-electron chi connectivity index (χ2n) is 9.90. The Bertz CT molecular complexity index is 1240. The first-order valence-electron chi connectivity index (χ1n) is 12.2. The number of hydrogen-bond donors (Lipinski definition) is 1. The zero-order chi connectivity index (χ0) is 25.6. The summed E-state index contributed by atoms with van der Waals surface area (Å²) in [5.74, 6) is 0.735. The van der Waals surface area contributed by atoms with Gasteiger partial charge >= 0.3 is 0 Å². The van der Waals surface area contributed by atoms with Gasteiger partial charge in [-0.15, -0.1) is 0 Å². The van der Waals surface area contributed by atoms with E-state index in [2.05, 4.69) is 4.90 Å². The predicted molar refractivity (Wildman–Crippen MR) is 138 cm³/mol. The lowest BCUT2D eigenvalue weighted by molar-refractivity contribution is -0.125. The number of nitrogens with zero attached hydrogens (tertiary/aromatic N) is 2. The number of benzene rings is 2. The van der Waals surface area contributed by atoms with Crippen molar-refractivity contribution in [2.24, 2.45) is 0 Å². The molecule has 0 atom stereocenters. The summed E-state index contributed by atoms with van der Waals surface area (Å²) in [5, 5.41) is 10.1. The molecule has 36 heavy (non-hydrogen) atoms. The van der Waals surface area contributed by atoms with Crippen LogP contribution >= 0.6 is 11.6 Å². The van der Waals surface area contributed by atoms with Gasteiger partial charge in [0.1, 0.15) is 17.1 Å². The summed E-state index contributed by atoms with van der Waals surface area (Å²) in [5.41, 5.74) is 1.95. The van der Waals surface area contributed by atoms with Crippen LogP contribution in [0, 0.1) is 0 Å². The third-order valence-corrected chi connectivity index (χ3v) is 10.0. The number of amides is 1. The molecule has 0 unspecified atom stereocenters. The number of rotatable bonds is 8. The molecule has 0 bridgehead atoms. The topological polar surface area (TPSA) is 96.4 Å². The Morgan fingerprint density at radius 1 is 1.08 bits per heavy atom. The minimum Gasteiger partial charge on any atom is -0.492 e. The van der Waals surface area contributed by atoms with E-state index in [0.29, 0.717) is 30.2 Å². The molecule has 10 heteroatoms. The van der Waals surface area contributed by atoms with E-state index < -0.39 is 20.0 Å². The van der Waals surface area contributed by atoms with Crippen LogP contribution in [0.25, 0.3) is 0 Å². The highest BCUT2D eigenvalue weighted by Crippen LogP contribution is 2.48. The zero-order valence-corrected chi connectivity index (χ0v) is 21.9. The number of ether oxygens (including phenoxy) is 2. The van der Waals surface area contributed by atoms with Crippen LogP contribution in [0.2, 0.25) is 5.02 Å². The first kappa shape index (κ1) is 25.5. The van der Waals surface area contributed by atoms with E-state index in [1.807, 2.05) is 12.1 Å². The fraction of sp³-hybridized carbons (Fsp3) is 0.500. The molecule has 0 aliphatic carbocycles. The maximum absolute atomic E-state index is 13.4. The Kier molecular flexibility index (Phi) is 6.80. The molecule has 2 fully saturated rings. The minimum absolute atomic E-state index is 0.0496. The number of likely N-dealkylation sites (tertiary alicyclic amines) is 1. The minimum atomic E-state index is -3.29. The average molecular weight is 535 g/mol. The van der Waals surface area contributed by atoms with Crippen LogP contribution in [0.1, 0.15) is 24.0 Å². The molecule has 194 valence electrons. The normalized spacial score (nSPS) is 20.9. The SMILES string of the molecule is CS(=O)(=O)C1(c2ccc(OCCN3CCC4(CC3)C(=O)N(CCO)c3ccc(Cl)cc34)cc2)COC1. The molecular formula is C26H31ClN2O6S. The van der Waals surface area contributed by atoms with E-state index in [-0.39, 0.29) is 32.3 Å². The van der Waals surface area contributed by atoms with Gasteiger partial charge in [-0.1, -0.05) is 23.7 Å². The highest BCUT2D eigenvalue weighted by molar-refractivity contribution is 7.91. The smallest absolute Gasteiger partial charge is 0.237 e. The third-order valence-electron chi connectivity index (χ3n) is 7.89. The Labute approximate surface area is 216 Å². The van der Waals surface area contributed by atoms with Gasteiger partial charge in [0.25, 0.3) is 0 Å². The number of carbonyl (C=O) groups excluding carboxylic acids is 1. The number of sulfone groups is 1. The second kappa shape index (κ2) is 9.61. The van der Waals surface area contributed by atoms with Crippen molar-refractivity contribution in [2.45, 2.75) is 23.0 Å². The number of carbonyl (C=O) groups is 1. The first-order valence-corrected chi connectivity index (χ1v) is 14.4. The Balaban J connectivity index is 1.18. The van der Waals surface area contributed by atoms with Crippen LogP contribution in [0.3, 0.4) is 0 Å². The molecule has 2 aromatic carbocycles. The summed E-state index contributed by atoms with van der Waals surface area (Å²) < 4.78 is 34.7. The van der Waals surface area contributed by atoms with Crippen LogP contribution in [0.5, 0.6) is 5.75 Å². The molecule has 0 saturated carbocycles. The van der Waals surface area contributed by atoms with Gasteiger partial charge < -0.3 is 19.5 Å². The summed E-state index contributed by atoms with van der Waals surface area (Å²) in [4.78, 5) is 17.4. The van der Waals surface area contributed by atoms with Gasteiger partial charge in [0.15, 0.2) is 9.84 Å². The second-order valence-corrected chi connectivity index (χ2v) is 12.7. The fourth-order valence-electron chi connectivity index (χ4n) is 5.60. The monoisotopic (exact) mass is 534 g/mol. The number of β-amino-alcohol motifs (C(OH)–C–C–N with tert-alkyl or cyclic N) is 1. The quantitative estimate of drug-likeness (QED) is 0.555. The highest BCUT2D eigenvalue weighted by Gasteiger charge is 2.52. The summed E-state index contributed by atoms with van der Waals surface area (Å²) in [7, 11) is -3.29. The van der Waals surface area contributed by atoms with E-state index in [1.54, 1.807) is 35.2 Å². The first-order chi connectivity index (χ1) is 17.2. The molecule has 1 spiro atoms. The lowest BCUT2D eigenvalue weighted by atomic mass is 9.73. The number of aliphatic hydroxyl groups is 1. The van der Waals surface area contributed by atoms with E-state index in [9.17, 15) is 18.3 Å². The molecule has 3 aliphatic heterocycles. The molecule has 2 saturated heterocycles. The van der Waals surface area contributed by atoms with Crippen LogP contribution in [0.15, 0.2) is 42.5 Å². The summed E-state index contributed by atoms with van der Waals surface area (Å²) >= 11 is 6.28. The van der Waals surface area contributed by atoms with E-state index >= 15 is 0 Å². The number of anilines is 1. The van der Waals surface area contributed by atoms with Crippen molar-refractivity contribution in [3.8, 4) is 5.75 Å². The van der Waals surface area contributed by atoms with Crippen molar-refractivity contribution in [1.29, 1.82) is 0 Å². The van der Waals surface area contributed by atoms with Gasteiger partial charge in [-0.2, -0.15) is 0 Å². The van der Waals surface area contributed by atoms with Crippen LogP contribution < -0.4 is 9.64 Å². The lowest BCUT2D eigenvalue weighted by Gasteiger charge is -2.40. The van der Waals surface area contributed by atoms with Crippen molar-refractivity contribution < 1.29 is 27.8 Å². The number of piperidine rings is 1. The molecule has 0 aromatic heterocycles.